The fourth-order valence-electron chi connectivity index (χ4n) is 2.47. The van der Waals surface area contributed by atoms with E-state index in [-0.39, 0.29) is 17.8 Å². The molecular weight excluding hydrogens is 479 g/mol. The molecule has 140 valence electrons. The van der Waals surface area contributed by atoms with Crippen LogP contribution in [0.15, 0.2) is 47.4 Å². The molecule has 0 aromatic heterocycles. The van der Waals surface area contributed by atoms with Crippen molar-refractivity contribution in [3.8, 4) is 11.5 Å². The smallest absolute Gasteiger partial charge is 0.295 e. The highest BCUT2D eigenvalue weighted by Gasteiger charge is 2.34. The van der Waals surface area contributed by atoms with Crippen LogP contribution in [-0.4, -0.2) is 36.9 Å². The van der Waals surface area contributed by atoms with Gasteiger partial charge in [0.1, 0.15) is 0 Å². The second kappa shape index (κ2) is 8.66. The third-order valence-electron chi connectivity index (χ3n) is 3.86. The van der Waals surface area contributed by atoms with Crippen molar-refractivity contribution in [3.05, 3.63) is 56.5 Å². The van der Waals surface area contributed by atoms with Gasteiger partial charge >= 0.3 is 0 Å². The lowest BCUT2D eigenvalue weighted by molar-refractivity contribution is -0.122. The van der Waals surface area contributed by atoms with Crippen molar-refractivity contribution >= 4 is 57.3 Å². The van der Waals surface area contributed by atoms with Crippen LogP contribution in [0.3, 0.4) is 0 Å². The van der Waals surface area contributed by atoms with Crippen LogP contribution in [0, 0.1) is 3.57 Å². The summed E-state index contributed by atoms with van der Waals surface area (Å²) in [5.74, 6) is 0.841. The van der Waals surface area contributed by atoms with E-state index in [0.717, 1.165) is 26.6 Å². The zero-order valence-corrected chi connectivity index (χ0v) is 17.7. The topological polar surface area (TPSA) is 67.9 Å². The average Bonchev–Trinajstić information content (AvgIpc) is 2.94. The molecule has 2 aromatic carbocycles. The number of hydrogen-bond donors (Lipinski definition) is 1. The number of nitrogens with one attached hydrogen (secondary N) is 1. The maximum absolute atomic E-state index is 12.6. The van der Waals surface area contributed by atoms with Crippen LogP contribution in [0.25, 0.3) is 6.08 Å². The predicted octanol–water partition coefficient (Wildman–Crippen LogP) is 4.41. The first kappa shape index (κ1) is 19.6. The van der Waals surface area contributed by atoms with Gasteiger partial charge in [-0.25, -0.2) is 0 Å². The van der Waals surface area contributed by atoms with Crippen molar-refractivity contribution in [3.63, 3.8) is 0 Å². The number of amides is 2. The van der Waals surface area contributed by atoms with Gasteiger partial charge in [0.05, 0.1) is 25.8 Å². The molecule has 1 fully saturated rings. The number of thioether (sulfide) groups is 1. The van der Waals surface area contributed by atoms with Gasteiger partial charge in [0.2, 0.25) is 0 Å². The van der Waals surface area contributed by atoms with Gasteiger partial charge in [-0.1, -0.05) is 6.07 Å². The summed E-state index contributed by atoms with van der Waals surface area (Å²) in [5.41, 5.74) is 1.60. The molecule has 1 aliphatic rings. The number of imide groups is 1. The molecule has 2 aromatic rings. The molecular formula is C19H17IN2O4S. The fourth-order valence-corrected chi connectivity index (χ4v) is 3.67. The van der Waals surface area contributed by atoms with Crippen LogP contribution < -0.4 is 14.8 Å². The molecule has 1 N–H and O–H groups in total. The summed E-state index contributed by atoms with van der Waals surface area (Å²) in [6.07, 6.45) is 1.68. The van der Waals surface area contributed by atoms with Crippen LogP contribution in [0.4, 0.5) is 10.5 Å². The van der Waals surface area contributed by atoms with Gasteiger partial charge in [0, 0.05) is 9.26 Å². The standard InChI is InChI=1S/C19H17IN2O4S/c1-25-15-8-3-12(9-16(15)26-2)10-17-18(23)22(19(24)27-17)11-21-14-6-4-13(20)5-7-14/h3-10,21H,11H2,1-2H3/b17-10+. The zero-order chi connectivity index (χ0) is 19.4. The average molecular weight is 496 g/mol. The molecule has 0 saturated carbocycles. The maximum atomic E-state index is 12.6. The van der Waals surface area contributed by atoms with Crippen LogP contribution >= 0.6 is 34.4 Å². The first-order chi connectivity index (χ1) is 13.0. The summed E-state index contributed by atoms with van der Waals surface area (Å²) < 4.78 is 11.6. The molecule has 0 unspecified atom stereocenters. The van der Waals surface area contributed by atoms with E-state index in [1.165, 1.54) is 4.90 Å². The summed E-state index contributed by atoms with van der Waals surface area (Å²) in [5, 5.41) is 2.80. The molecule has 1 heterocycles. The molecule has 0 atom stereocenters. The number of rotatable bonds is 6. The number of ether oxygens (including phenoxy) is 2. The van der Waals surface area contributed by atoms with E-state index in [4.69, 9.17) is 9.47 Å². The van der Waals surface area contributed by atoms with E-state index in [2.05, 4.69) is 27.9 Å². The fraction of sp³-hybridized carbons (Fsp3) is 0.158. The van der Waals surface area contributed by atoms with E-state index in [1.54, 1.807) is 38.5 Å². The van der Waals surface area contributed by atoms with Crippen molar-refractivity contribution in [2.24, 2.45) is 0 Å². The molecule has 27 heavy (non-hydrogen) atoms. The Morgan fingerprint density at radius 2 is 1.78 bits per heavy atom. The van der Waals surface area contributed by atoms with Crippen molar-refractivity contribution in [1.82, 2.24) is 4.90 Å². The monoisotopic (exact) mass is 496 g/mol. The van der Waals surface area contributed by atoms with Gasteiger partial charge in [-0.2, -0.15) is 0 Å². The Kier molecular flexibility index (Phi) is 6.27. The minimum Gasteiger partial charge on any atom is -0.493 e. The number of hydrogen-bond acceptors (Lipinski definition) is 6. The minimum atomic E-state index is -0.321. The summed E-state index contributed by atoms with van der Waals surface area (Å²) in [7, 11) is 3.11. The van der Waals surface area contributed by atoms with Crippen molar-refractivity contribution < 1.29 is 19.1 Å². The van der Waals surface area contributed by atoms with Crippen LogP contribution in [-0.2, 0) is 4.79 Å². The van der Waals surface area contributed by atoms with Gasteiger partial charge in [0.25, 0.3) is 11.1 Å². The van der Waals surface area contributed by atoms with E-state index < -0.39 is 0 Å². The summed E-state index contributed by atoms with van der Waals surface area (Å²) >= 11 is 3.14. The SMILES string of the molecule is COc1ccc(/C=C2/SC(=O)N(CNc3ccc(I)cc3)C2=O)cc1OC. The number of carbonyl (C=O) groups excluding carboxylic acids is 2. The van der Waals surface area contributed by atoms with E-state index in [1.807, 2.05) is 24.3 Å². The van der Waals surface area contributed by atoms with E-state index >= 15 is 0 Å². The van der Waals surface area contributed by atoms with Gasteiger partial charge in [-0.15, -0.1) is 0 Å². The minimum absolute atomic E-state index is 0.120. The van der Waals surface area contributed by atoms with Crippen molar-refractivity contribution in [2.75, 3.05) is 26.2 Å². The molecule has 0 bridgehead atoms. The quantitative estimate of drug-likeness (QED) is 0.472. The molecule has 1 aliphatic heterocycles. The number of anilines is 1. The van der Waals surface area contributed by atoms with E-state index in [9.17, 15) is 9.59 Å². The van der Waals surface area contributed by atoms with Crippen LogP contribution in [0.2, 0.25) is 0 Å². The third kappa shape index (κ3) is 4.56. The zero-order valence-electron chi connectivity index (χ0n) is 14.7. The molecule has 1 saturated heterocycles. The third-order valence-corrected chi connectivity index (χ3v) is 5.49. The molecule has 2 amide bonds. The number of methoxy groups -OCH3 is 2. The number of halogens is 1. The molecule has 8 heteroatoms. The molecule has 0 radical (unpaired) electrons. The summed E-state index contributed by atoms with van der Waals surface area (Å²) in [6, 6.07) is 13.0. The number of nitrogens with zero attached hydrogens (tertiary/aromatic N) is 1. The maximum Gasteiger partial charge on any atom is 0.295 e. The van der Waals surface area contributed by atoms with Gasteiger partial charge in [-0.05, 0) is 82.4 Å². The molecule has 3 rings (SSSR count). The Balaban J connectivity index is 1.73. The second-order valence-electron chi connectivity index (χ2n) is 5.57. The van der Waals surface area contributed by atoms with Gasteiger partial charge in [-0.3, -0.25) is 14.5 Å². The molecule has 0 aliphatic carbocycles. The highest BCUT2D eigenvalue weighted by atomic mass is 127. The lowest BCUT2D eigenvalue weighted by Gasteiger charge is -2.14. The van der Waals surface area contributed by atoms with Gasteiger partial charge < -0.3 is 14.8 Å². The highest BCUT2D eigenvalue weighted by Crippen LogP contribution is 2.34. The second-order valence-corrected chi connectivity index (χ2v) is 7.80. The predicted molar refractivity (Wildman–Crippen MR) is 115 cm³/mol. The molecule has 0 spiro atoms. The summed E-state index contributed by atoms with van der Waals surface area (Å²) in [6.45, 7) is 0.120. The van der Waals surface area contributed by atoms with Crippen LogP contribution in [0.5, 0.6) is 11.5 Å². The number of carbonyl (C=O) groups is 2. The lowest BCUT2D eigenvalue weighted by Crippen LogP contribution is -2.33. The Labute approximate surface area is 175 Å². The van der Waals surface area contributed by atoms with Gasteiger partial charge in [0.15, 0.2) is 11.5 Å². The Morgan fingerprint density at radius 1 is 1.07 bits per heavy atom. The highest BCUT2D eigenvalue weighted by molar-refractivity contribution is 14.1. The lowest BCUT2D eigenvalue weighted by atomic mass is 10.2. The Morgan fingerprint density at radius 3 is 2.44 bits per heavy atom. The number of benzene rings is 2. The Hall–Kier alpha value is -2.20. The Bertz CT molecular complexity index is 899. The van der Waals surface area contributed by atoms with E-state index in [0.29, 0.717) is 16.4 Å². The first-order valence-electron chi connectivity index (χ1n) is 7.98. The van der Waals surface area contributed by atoms with Crippen LogP contribution in [0.1, 0.15) is 5.56 Å². The van der Waals surface area contributed by atoms with Crippen molar-refractivity contribution in [2.45, 2.75) is 0 Å². The molecule has 6 nitrogen and oxygen atoms in total. The first-order valence-corrected chi connectivity index (χ1v) is 9.88. The largest absolute Gasteiger partial charge is 0.493 e. The summed E-state index contributed by atoms with van der Waals surface area (Å²) in [4.78, 5) is 26.4. The normalized spacial score (nSPS) is 15.4. The van der Waals surface area contributed by atoms with Crippen molar-refractivity contribution in [1.29, 1.82) is 0 Å².